The van der Waals surface area contributed by atoms with Crippen molar-refractivity contribution < 1.29 is 14.3 Å². The normalized spacial score (nSPS) is 11.9. The third-order valence-corrected chi connectivity index (χ3v) is 5.81. The largest absolute Gasteiger partial charge is 0.389 e. The second-order valence-corrected chi connectivity index (χ2v) is 9.20. The van der Waals surface area contributed by atoms with E-state index in [1.54, 1.807) is 42.8 Å². The van der Waals surface area contributed by atoms with Crippen molar-refractivity contribution in [2.75, 3.05) is 11.9 Å². The van der Waals surface area contributed by atoms with Crippen molar-refractivity contribution >= 4 is 33.5 Å². The Hall–Kier alpha value is -4.24. The van der Waals surface area contributed by atoms with Gasteiger partial charge in [-0.1, -0.05) is 12.1 Å². The number of aryl methyl sites for hydroxylation is 1. The number of carbonyl (C=O) groups is 1. The lowest BCUT2D eigenvalue weighted by molar-refractivity contribution is 0.0939. The molecule has 5 aromatic rings. The molecule has 9 heteroatoms. The zero-order valence-corrected chi connectivity index (χ0v) is 19.6. The summed E-state index contributed by atoms with van der Waals surface area (Å²) < 4.78 is 15.5. The molecule has 0 aliphatic heterocycles. The molecule has 8 nitrogen and oxygen atoms in total. The number of nitrogens with zero attached hydrogens (tertiary/aromatic N) is 3. The zero-order valence-electron chi connectivity index (χ0n) is 19.6. The number of fused-ring (bicyclic) bond motifs is 2. The summed E-state index contributed by atoms with van der Waals surface area (Å²) in [4.78, 5) is 19.8. The first-order valence-corrected chi connectivity index (χ1v) is 11.2. The monoisotopic (exact) mass is 472 g/mol. The zero-order chi connectivity index (χ0) is 24.9. The Bertz CT molecular complexity index is 1600. The molecule has 0 aliphatic carbocycles. The van der Waals surface area contributed by atoms with Crippen LogP contribution in [0.4, 0.5) is 10.1 Å². The number of halogens is 1. The van der Waals surface area contributed by atoms with Crippen LogP contribution >= 0.6 is 0 Å². The highest BCUT2D eigenvalue weighted by Gasteiger charge is 2.19. The Kier molecular flexibility index (Phi) is 5.29. The topological polar surface area (TPSA) is 122 Å². The number of carbonyl (C=O) groups excluding carboxylic acids is 1. The number of benzene rings is 3. The number of imidazole rings is 1. The van der Waals surface area contributed by atoms with E-state index >= 15 is 0 Å². The molecule has 2 heterocycles. The van der Waals surface area contributed by atoms with Crippen LogP contribution in [0.3, 0.4) is 0 Å². The van der Waals surface area contributed by atoms with Gasteiger partial charge in [0.15, 0.2) is 0 Å². The molecule has 5 rings (SSSR count). The molecule has 0 saturated heterocycles. The number of hydrogen-bond acceptors (Lipinski definition) is 5. The van der Waals surface area contributed by atoms with Gasteiger partial charge in [0.25, 0.3) is 5.91 Å². The summed E-state index contributed by atoms with van der Waals surface area (Å²) in [6, 6.07) is 15.5. The maximum absolute atomic E-state index is 13.7. The molecule has 1 amide bonds. The first-order valence-electron chi connectivity index (χ1n) is 11.2. The average Bonchev–Trinajstić information content (AvgIpc) is 3.37. The Morgan fingerprint density at radius 3 is 2.74 bits per heavy atom. The summed E-state index contributed by atoms with van der Waals surface area (Å²) in [7, 11) is 0. The molecule has 0 saturated carbocycles. The van der Waals surface area contributed by atoms with Crippen molar-refractivity contribution in [3.05, 3.63) is 71.7 Å². The lowest BCUT2D eigenvalue weighted by atomic mass is 10.1. The predicted octanol–water partition coefficient (Wildman–Crippen LogP) is 4.30. The van der Waals surface area contributed by atoms with Crippen LogP contribution in [0.25, 0.3) is 39.0 Å². The fourth-order valence-corrected chi connectivity index (χ4v) is 4.19. The smallest absolute Gasteiger partial charge is 0.250 e. The van der Waals surface area contributed by atoms with Gasteiger partial charge in [-0.05, 0) is 63.2 Å². The quantitative estimate of drug-likeness (QED) is 0.294. The Balaban J connectivity index is 1.64. The van der Waals surface area contributed by atoms with Gasteiger partial charge in [-0.15, -0.1) is 0 Å². The van der Waals surface area contributed by atoms with Gasteiger partial charge in [0.2, 0.25) is 0 Å². The maximum Gasteiger partial charge on any atom is 0.250 e. The van der Waals surface area contributed by atoms with E-state index in [0.29, 0.717) is 28.1 Å². The van der Waals surface area contributed by atoms with Gasteiger partial charge in [0.1, 0.15) is 11.6 Å². The van der Waals surface area contributed by atoms with Gasteiger partial charge in [0, 0.05) is 23.2 Å². The molecular weight excluding hydrogens is 447 g/mol. The van der Waals surface area contributed by atoms with Crippen LogP contribution in [-0.2, 0) is 0 Å². The van der Waals surface area contributed by atoms with Gasteiger partial charge < -0.3 is 21.1 Å². The summed E-state index contributed by atoms with van der Waals surface area (Å²) in [6.07, 6.45) is 0. The van der Waals surface area contributed by atoms with Crippen molar-refractivity contribution in [3.63, 3.8) is 0 Å². The van der Waals surface area contributed by atoms with Crippen LogP contribution in [-0.4, -0.2) is 42.9 Å². The van der Waals surface area contributed by atoms with Crippen molar-refractivity contribution in [2.24, 2.45) is 5.73 Å². The molecule has 0 atom stereocenters. The summed E-state index contributed by atoms with van der Waals surface area (Å²) in [5.41, 5.74) is 9.89. The second-order valence-electron chi connectivity index (χ2n) is 9.20. The first kappa shape index (κ1) is 22.5. The highest BCUT2D eigenvalue weighted by molar-refractivity contribution is 6.00. The van der Waals surface area contributed by atoms with Crippen LogP contribution < -0.4 is 11.1 Å². The second kappa shape index (κ2) is 8.21. The predicted molar refractivity (Wildman–Crippen MR) is 134 cm³/mol. The number of aromatic amines is 1. The van der Waals surface area contributed by atoms with E-state index in [4.69, 9.17) is 10.8 Å². The van der Waals surface area contributed by atoms with Crippen molar-refractivity contribution in [1.29, 1.82) is 0 Å². The lowest BCUT2D eigenvalue weighted by Gasteiger charge is -2.20. The Morgan fingerprint density at radius 2 is 2.00 bits per heavy atom. The van der Waals surface area contributed by atoms with E-state index in [0.717, 1.165) is 27.8 Å². The molecular formula is C26H25FN6O2. The molecule has 2 aromatic heterocycles. The molecule has 0 unspecified atom stereocenters. The van der Waals surface area contributed by atoms with Gasteiger partial charge >= 0.3 is 0 Å². The standard InChI is InChI=1S/C26H25FN6O2/c1-14-23-18(25-30-19-10-7-15(27)11-21(19)31-25)5-4-6-22(23)33(32-14)16-8-9-17(24(28)34)20(12-16)29-13-26(2,3)35/h4-12,29,35H,13H2,1-3H3,(H2,28,34)(H,30,31). The maximum atomic E-state index is 13.7. The van der Waals surface area contributed by atoms with E-state index in [-0.39, 0.29) is 12.4 Å². The number of aliphatic hydroxyl groups is 1. The van der Waals surface area contributed by atoms with Crippen LogP contribution in [0.15, 0.2) is 54.6 Å². The Morgan fingerprint density at radius 1 is 1.20 bits per heavy atom. The molecule has 0 aliphatic rings. The third-order valence-electron chi connectivity index (χ3n) is 5.81. The van der Waals surface area contributed by atoms with E-state index in [1.807, 2.05) is 25.1 Å². The van der Waals surface area contributed by atoms with E-state index < -0.39 is 11.5 Å². The average molecular weight is 473 g/mol. The van der Waals surface area contributed by atoms with Gasteiger partial charge in [-0.25, -0.2) is 14.1 Å². The molecule has 0 bridgehead atoms. The van der Waals surface area contributed by atoms with Crippen molar-refractivity contribution in [1.82, 2.24) is 19.7 Å². The molecule has 0 spiro atoms. The van der Waals surface area contributed by atoms with E-state index in [1.165, 1.54) is 12.1 Å². The van der Waals surface area contributed by atoms with Crippen LogP contribution in [0.2, 0.25) is 0 Å². The molecule has 35 heavy (non-hydrogen) atoms. The number of H-pyrrole nitrogens is 1. The molecule has 5 N–H and O–H groups in total. The summed E-state index contributed by atoms with van der Waals surface area (Å²) >= 11 is 0. The number of hydrogen-bond donors (Lipinski definition) is 4. The first-order chi connectivity index (χ1) is 16.6. The molecule has 3 aromatic carbocycles. The summed E-state index contributed by atoms with van der Waals surface area (Å²) in [5.74, 6) is -0.279. The Labute approximate surface area is 200 Å². The highest BCUT2D eigenvalue weighted by atomic mass is 19.1. The van der Waals surface area contributed by atoms with Crippen LogP contribution in [0, 0.1) is 12.7 Å². The van der Waals surface area contributed by atoms with Crippen molar-refractivity contribution in [3.8, 4) is 17.1 Å². The van der Waals surface area contributed by atoms with Gasteiger partial charge in [-0.3, -0.25) is 4.79 Å². The number of nitrogens with two attached hydrogens (primary N) is 1. The number of primary amides is 1. The minimum absolute atomic E-state index is 0.229. The number of nitrogens with one attached hydrogen (secondary N) is 2. The van der Waals surface area contributed by atoms with Crippen LogP contribution in [0.1, 0.15) is 29.9 Å². The highest BCUT2D eigenvalue weighted by Crippen LogP contribution is 2.33. The lowest BCUT2D eigenvalue weighted by Crippen LogP contribution is -2.30. The van der Waals surface area contributed by atoms with Gasteiger partial charge in [0.05, 0.1) is 39.1 Å². The summed E-state index contributed by atoms with van der Waals surface area (Å²) in [6.45, 7) is 5.49. The van der Waals surface area contributed by atoms with E-state index in [2.05, 4.69) is 15.3 Å². The number of aromatic nitrogens is 4. The fraction of sp³-hybridized carbons (Fsp3) is 0.192. The van der Waals surface area contributed by atoms with Gasteiger partial charge in [-0.2, -0.15) is 5.10 Å². The minimum atomic E-state index is -0.982. The minimum Gasteiger partial charge on any atom is -0.389 e. The number of rotatable bonds is 6. The summed E-state index contributed by atoms with van der Waals surface area (Å²) in [5, 5.41) is 18.9. The van der Waals surface area contributed by atoms with E-state index in [9.17, 15) is 14.3 Å². The molecule has 0 radical (unpaired) electrons. The molecule has 178 valence electrons. The molecule has 0 fully saturated rings. The third kappa shape index (κ3) is 4.22. The number of anilines is 1. The number of amides is 1. The fourth-order valence-electron chi connectivity index (χ4n) is 4.19. The van der Waals surface area contributed by atoms with Crippen molar-refractivity contribution in [2.45, 2.75) is 26.4 Å². The SMILES string of the molecule is Cc1nn(-c2ccc(C(N)=O)c(NCC(C)(C)O)c2)c2cccc(-c3nc4ccc(F)cc4[nH]3)c12. The van der Waals surface area contributed by atoms with Crippen LogP contribution in [0.5, 0.6) is 0 Å².